The Balaban J connectivity index is 1.68. The molecule has 1 amide bonds. The topological polar surface area (TPSA) is 68.0 Å². The van der Waals surface area contributed by atoms with Crippen molar-refractivity contribution in [3.63, 3.8) is 0 Å². The van der Waals surface area contributed by atoms with Gasteiger partial charge in [-0.15, -0.1) is 11.3 Å². The third kappa shape index (κ3) is 3.55. The van der Waals surface area contributed by atoms with Crippen molar-refractivity contribution >= 4 is 54.8 Å². The van der Waals surface area contributed by atoms with Crippen molar-refractivity contribution in [3.05, 3.63) is 50.9 Å². The van der Waals surface area contributed by atoms with Crippen LogP contribution in [0.5, 0.6) is 0 Å². The lowest BCUT2D eigenvalue weighted by molar-refractivity contribution is 0.103. The van der Waals surface area contributed by atoms with Crippen LogP contribution < -0.4 is 11.1 Å². The van der Waals surface area contributed by atoms with Crippen LogP contribution in [0.2, 0.25) is 0 Å². The summed E-state index contributed by atoms with van der Waals surface area (Å²) < 4.78 is 0.838. The average molecular weight is 458 g/mol. The number of anilines is 2. The maximum absolute atomic E-state index is 12.8. The number of nitrogens with zero attached hydrogens (tertiary/aromatic N) is 1. The van der Waals surface area contributed by atoms with E-state index in [0.29, 0.717) is 16.5 Å². The Morgan fingerprint density at radius 1 is 1.32 bits per heavy atom. The summed E-state index contributed by atoms with van der Waals surface area (Å²) in [6.45, 7) is 6.91. The Labute approximate surface area is 177 Å². The molecule has 0 bridgehead atoms. The van der Waals surface area contributed by atoms with E-state index in [-0.39, 0.29) is 11.3 Å². The summed E-state index contributed by atoms with van der Waals surface area (Å²) >= 11 is 4.83. The summed E-state index contributed by atoms with van der Waals surface area (Å²) in [5, 5.41) is 3.84. The number of pyridine rings is 1. The minimum atomic E-state index is -0.196. The van der Waals surface area contributed by atoms with Crippen LogP contribution in [0.15, 0.2) is 34.8 Å². The normalized spacial score (nSPS) is 16.8. The van der Waals surface area contributed by atoms with Crippen LogP contribution in [0.4, 0.5) is 11.4 Å². The van der Waals surface area contributed by atoms with Crippen LogP contribution in [0.25, 0.3) is 10.2 Å². The van der Waals surface area contributed by atoms with Crippen molar-refractivity contribution in [2.75, 3.05) is 11.1 Å². The summed E-state index contributed by atoms with van der Waals surface area (Å²) in [5.74, 6) is 0.440. The van der Waals surface area contributed by atoms with E-state index in [1.807, 2.05) is 24.3 Å². The highest BCUT2D eigenvalue weighted by atomic mass is 79.9. The molecule has 0 spiro atoms. The Morgan fingerprint density at radius 3 is 2.79 bits per heavy atom. The van der Waals surface area contributed by atoms with Gasteiger partial charge in [-0.25, -0.2) is 4.98 Å². The number of aryl methyl sites for hydroxylation is 1. The van der Waals surface area contributed by atoms with Crippen LogP contribution >= 0.6 is 27.3 Å². The maximum Gasteiger partial charge on any atom is 0.267 e. The first-order valence-electron chi connectivity index (χ1n) is 9.50. The molecule has 2 aromatic heterocycles. The zero-order valence-electron chi connectivity index (χ0n) is 16.3. The van der Waals surface area contributed by atoms with Crippen molar-refractivity contribution in [2.45, 2.75) is 40.0 Å². The predicted molar refractivity (Wildman–Crippen MR) is 121 cm³/mol. The molecular formula is C22H24BrN3OS. The Kier molecular flexibility index (Phi) is 4.96. The van der Waals surface area contributed by atoms with E-state index in [2.05, 4.69) is 48.1 Å². The number of carbonyl (C=O) groups is 1. The largest absolute Gasteiger partial charge is 0.397 e. The smallest absolute Gasteiger partial charge is 0.267 e. The fourth-order valence-corrected chi connectivity index (χ4v) is 5.22. The molecule has 6 heteroatoms. The molecule has 2 heterocycles. The van der Waals surface area contributed by atoms with Gasteiger partial charge in [0.15, 0.2) is 0 Å². The number of benzene rings is 1. The van der Waals surface area contributed by atoms with Gasteiger partial charge in [0, 0.05) is 15.6 Å². The minimum absolute atomic E-state index is 0.196. The fraction of sp³-hybridized carbons (Fsp3) is 0.364. The Hall–Kier alpha value is -1.92. The summed E-state index contributed by atoms with van der Waals surface area (Å²) in [5.41, 5.74) is 10.4. The second-order valence-corrected chi connectivity index (χ2v) is 10.4. The monoisotopic (exact) mass is 457 g/mol. The van der Waals surface area contributed by atoms with E-state index in [0.717, 1.165) is 45.3 Å². The van der Waals surface area contributed by atoms with Crippen molar-refractivity contribution in [1.82, 2.24) is 4.98 Å². The number of para-hydroxylation sites is 1. The third-order valence-electron chi connectivity index (χ3n) is 5.64. The molecule has 28 heavy (non-hydrogen) atoms. The average Bonchev–Trinajstić information content (AvgIpc) is 2.96. The lowest BCUT2D eigenvalue weighted by Crippen LogP contribution is -2.27. The van der Waals surface area contributed by atoms with E-state index >= 15 is 0 Å². The number of carbonyl (C=O) groups excluding carboxylic acids is 1. The standard InChI is InChI=1S/C22H24BrN3OS/c1-22(2,3)13-8-9-16-12(10-13)11-14-18(24)19(28-21(14)26-16)20(27)25-17-7-5-4-6-15(17)23/h4-7,11,13H,8-10,24H2,1-3H3,(H,25,27). The van der Waals surface area contributed by atoms with Crippen LogP contribution in [0.3, 0.4) is 0 Å². The molecule has 0 saturated heterocycles. The van der Waals surface area contributed by atoms with E-state index in [9.17, 15) is 4.79 Å². The zero-order valence-corrected chi connectivity index (χ0v) is 18.7. The SMILES string of the molecule is CC(C)(C)C1CCc2nc3sc(C(=O)Nc4ccccc4Br)c(N)c3cc2C1. The highest BCUT2D eigenvalue weighted by molar-refractivity contribution is 9.10. The van der Waals surface area contributed by atoms with Gasteiger partial charge in [0.05, 0.1) is 11.4 Å². The van der Waals surface area contributed by atoms with Crippen molar-refractivity contribution < 1.29 is 4.79 Å². The van der Waals surface area contributed by atoms with Crippen LogP contribution in [0.1, 0.15) is 48.1 Å². The van der Waals surface area contributed by atoms with Gasteiger partial charge in [0.1, 0.15) is 9.71 Å². The number of nitrogens with two attached hydrogens (primary N) is 1. The summed E-state index contributed by atoms with van der Waals surface area (Å²) in [4.78, 5) is 19.1. The van der Waals surface area contributed by atoms with Crippen LogP contribution in [-0.2, 0) is 12.8 Å². The van der Waals surface area contributed by atoms with E-state index < -0.39 is 0 Å². The summed E-state index contributed by atoms with van der Waals surface area (Å²) in [6.07, 6.45) is 3.17. The van der Waals surface area contributed by atoms with E-state index in [1.54, 1.807) is 0 Å². The number of aromatic nitrogens is 1. The number of thiophene rings is 1. The molecule has 0 saturated carbocycles. The highest BCUT2D eigenvalue weighted by Gasteiger charge is 2.30. The molecule has 1 unspecified atom stereocenters. The summed E-state index contributed by atoms with van der Waals surface area (Å²) in [7, 11) is 0. The lowest BCUT2D eigenvalue weighted by atomic mass is 9.71. The van der Waals surface area contributed by atoms with Gasteiger partial charge in [0.25, 0.3) is 5.91 Å². The molecule has 4 nitrogen and oxygen atoms in total. The second-order valence-electron chi connectivity index (χ2n) is 8.53. The molecule has 3 aromatic rings. The van der Waals surface area contributed by atoms with Gasteiger partial charge in [-0.05, 0) is 70.3 Å². The van der Waals surface area contributed by atoms with Crippen LogP contribution in [0, 0.1) is 11.3 Å². The first-order chi connectivity index (χ1) is 13.2. The van der Waals surface area contributed by atoms with Gasteiger partial charge >= 0.3 is 0 Å². The lowest BCUT2D eigenvalue weighted by Gasteiger charge is -2.34. The number of nitrogen functional groups attached to an aromatic ring is 1. The molecule has 1 aliphatic carbocycles. The number of nitrogens with one attached hydrogen (secondary N) is 1. The van der Waals surface area contributed by atoms with Gasteiger partial charge < -0.3 is 11.1 Å². The molecule has 1 atom stereocenters. The number of halogens is 1. The molecule has 0 radical (unpaired) electrons. The third-order valence-corrected chi connectivity index (χ3v) is 7.44. The molecule has 4 rings (SSSR count). The number of rotatable bonds is 2. The fourth-order valence-electron chi connectivity index (χ4n) is 3.84. The second kappa shape index (κ2) is 7.16. The van der Waals surface area contributed by atoms with E-state index in [1.165, 1.54) is 16.9 Å². The Morgan fingerprint density at radius 2 is 2.07 bits per heavy atom. The number of hydrogen-bond donors (Lipinski definition) is 2. The Bertz CT molecular complexity index is 1070. The molecule has 3 N–H and O–H groups in total. The van der Waals surface area contributed by atoms with Gasteiger partial charge in [-0.2, -0.15) is 0 Å². The molecule has 1 aliphatic rings. The molecule has 0 aliphatic heterocycles. The zero-order chi connectivity index (χ0) is 20.1. The predicted octanol–water partition coefficient (Wildman–Crippen LogP) is 6.04. The first kappa shape index (κ1) is 19.4. The highest BCUT2D eigenvalue weighted by Crippen LogP contribution is 2.40. The molecule has 1 aromatic carbocycles. The molecular weight excluding hydrogens is 434 g/mol. The van der Waals surface area contributed by atoms with Crippen LogP contribution in [-0.4, -0.2) is 10.9 Å². The first-order valence-corrected chi connectivity index (χ1v) is 11.1. The van der Waals surface area contributed by atoms with Gasteiger partial charge in [-0.3, -0.25) is 4.79 Å². The van der Waals surface area contributed by atoms with Crippen molar-refractivity contribution in [2.24, 2.45) is 11.3 Å². The molecule has 0 fully saturated rings. The van der Waals surface area contributed by atoms with Crippen molar-refractivity contribution in [3.8, 4) is 0 Å². The van der Waals surface area contributed by atoms with E-state index in [4.69, 9.17) is 10.7 Å². The van der Waals surface area contributed by atoms with Crippen molar-refractivity contribution in [1.29, 1.82) is 0 Å². The van der Waals surface area contributed by atoms with Gasteiger partial charge in [0.2, 0.25) is 0 Å². The molecule has 146 valence electrons. The number of fused-ring (bicyclic) bond motifs is 2. The number of hydrogen-bond acceptors (Lipinski definition) is 4. The number of amides is 1. The quantitative estimate of drug-likeness (QED) is 0.492. The van der Waals surface area contributed by atoms with Gasteiger partial charge in [-0.1, -0.05) is 32.9 Å². The summed E-state index contributed by atoms with van der Waals surface area (Å²) in [6, 6.07) is 9.71. The minimum Gasteiger partial charge on any atom is -0.397 e. The maximum atomic E-state index is 12.8.